The normalized spacial score (nSPS) is 10.5. The summed E-state index contributed by atoms with van der Waals surface area (Å²) in [7, 11) is 0. The number of amides is 2. The number of para-hydroxylation sites is 1. The summed E-state index contributed by atoms with van der Waals surface area (Å²) in [6, 6.07) is 19.5. The summed E-state index contributed by atoms with van der Waals surface area (Å²) in [4.78, 5) is 25.4. The van der Waals surface area contributed by atoms with Gasteiger partial charge in [0.25, 0.3) is 11.8 Å². The first-order valence-electron chi connectivity index (χ1n) is 8.67. The van der Waals surface area contributed by atoms with E-state index < -0.39 is 11.8 Å². The number of hydrogen-bond acceptors (Lipinski definition) is 4. The molecule has 8 heteroatoms. The van der Waals surface area contributed by atoms with Crippen molar-refractivity contribution in [2.75, 3.05) is 10.6 Å². The van der Waals surface area contributed by atoms with Gasteiger partial charge in [0.2, 0.25) is 0 Å². The van der Waals surface area contributed by atoms with E-state index in [-0.39, 0.29) is 17.1 Å². The minimum atomic E-state index is -0.481. The van der Waals surface area contributed by atoms with Gasteiger partial charge in [-0.3, -0.25) is 9.59 Å². The minimum absolute atomic E-state index is 0.130. The number of furan rings is 1. The molecular weight excluding hydrogens is 436 g/mol. The van der Waals surface area contributed by atoms with Gasteiger partial charge in [0, 0.05) is 10.2 Å². The second kappa shape index (κ2) is 8.15. The van der Waals surface area contributed by atoms with E-state index in [4.69, 9.17) is 4.42 Å². The highest BCUT2D eigenvalue weighted by molar-refractivity contribution is 9.10. The van der Waals surface area contributed by atoms with Crippen LogP contribution < -0.4 is 10.6 Å². The summed E-state index contributed by atoms with van der Waals surface area (Å²) in [5.74, 6) is -0.507. The molecule has 0 spiro atoms. The number of rotatable bonds is 5. The van der Waals surface area contributed by atoms with Crippen LogP contribution in [0.25, 0.3) is 5.69 Å². The highest BCUT2D eigenvalue weighted by atomic mass is 79.9. The number of carbonyl (C=O) groups excluding carboxylic acids is 2. The molecule has 0 atom stereocenters. The Balaban J connectivity index is 1.69. The first-order chi connectivity index (χ1) is 14.1. The number of anilines is 2. The van der Waals surface area contributed by atoms with Crippen molar-refractivity contribution in [3.05, 3.63) is 95.0 Å². The Morgan fingerprint density at radius 1 is 0.897 bits per heavy atom. The zero-order valence-corrected chi connectivity index (χ0v) is 16.6. The molecule has 0 saturated carbocycles. The van der Waals surface area contributed by atoms with Crippen molar-refractivity contribution in [2.24, 2.45) is 0 Å². The summed E-state index contributed by atoms with van der Waals surface area (Å²) < 4.78 is 7.55. The van der Waals surface area contributed by atoms with Crippen LogP contribution in [0.15, 0.2) is 88.1 Å². The van der Waals surface area contributed by atoms with Crippen LogP contribution in [0.5, 0.6) is 0 Å². The summed E-state index contributed by atoms with van der Waals surface area (Å²) in [5, 5.41) is 9.85. The molecule has 0 aliphatic heterocycles. The van der Waals surface area contributed by atoms with Gasteiger partial charge in [-0.05, 0) is 48.5 Å². The zero-order valence-electron chi connectivity index (χ0n) is 15.0. The van der Waals surface area contributed by atoms with E-state index in [1.165, 1.54) is 17.1 Å². The van der Waals surface area contributed by atoms with Crippen LogP contribution in [0.4, 0.5) is 11.5 Å². The summed E-state index contributed by atoms with van der Waals surface area (Å²) >= 11 is 3.36. The SMILES string of the molecule is O=C(Nc1c(C(=O)Nc2ccc(Br)cc2)cnn1-c1ccccc1)c1ccco1. The van der Waals surface area contributed by atoms with E-state index in [2.05, 4.69) is 31.7 Å². The van der Waals surface area contributed by atoms with Crippen molar-refractivity contribution < 1.29 is 14.0 Å². The second-order valence-corrected chi connectivity index (χ2v) is 6.96. The Hall–Kier alpha value is -3.65. The number of nitrogens with zero attached hydrogens (tertiary/aromatic N) is 2. The average Bonchev–Trinajstić information content (AvgIpc) is 3.41. The van der Waals surface area contributed by atoms with Crippen LogP contribution in [0, 0.1) is 0 Å². The molecule has 144 valence electrons. The number of hydrogen-bond donors (Lipinski definition) is 2. The molecule has 0 unspecified atom stereocenters. The van der Waals surface area contributed by atoms with Crippen LogP contribution in [0.1, 0.15) is 20.9 Å². The van der Waals surface area contributed by atoms with E-state index >= 15 is 0 Å². The van der Waals surface area contributed by atoms with E-state index in [1.807, 2.05) is 42.5 Å². The average molecular weight is 451 g/mol. The molecule has 0 aliphatic rings. The van der Waals surface area contributed by atoms with Crippen molar-refractivity contribution in [1.29, 1.82) is 0 Å². The Morgan fingerprint density at radius 2 is 1.66 bits per heavy atom. The standard InChI is InChI=1S/C21H15BrN4O3/c22-14-8-10-15(11-9-14)24-20(27)17-13-23-26(16-5-2-1-3-6-16)19(17)25-21(28)18-7-4-12-29-18/h1-13H,(H,24,27)(H,25,28). The molecule has 2 aromatic heterocycles. The quantitative estimate of drug-likeness (QED) is 0.459. The third-order valence-electron chi connectivity index (χ3n) is 4.09. The molecule has 0 radical (unpaired) electrons. The molecule has 4 aromatic rings. The molecule has 2 N–H and O–H groups in total. The largest absolute Gasteiger partial charge is 0.459 e. The first kappa shape index (κ1) is 18.7. The number of nitrogens with one attached hydrogen (secondary N) is 2. The highest BCUT2D eigenvalue weighted by Gasteiger charge is 2.22. The van der Waals surface area contributed by atoms with Crippen LogP contribution in [-0.2, 0) is 0 Å². The molecule has 2 amide bonds. The molecule has 0 bridgehead atoms. The molecule has 2 aromatic carbocycles. The van der Waals surface area contributed by atoms with Gasteiger partial charge in [0.1, 0.15) is 11.4 Å². The van der Waals surface area contributed by atoms with Gasteiger partial charge in [0.05, 0.1) is 18.1 Å². The predicted octanol–water partition coefficient (Wildman–Crippen LogP) is 4.73. The van der Waals surface area contributed by atoms with Gasteiger partial charge in [-0.15, -0.1) is 0 Å². The van der Waals surface area contributed by atoms with Gasteiger partial charge in [0.15, 0.2) is 5.76 Å². The van der Waals surface area contributed by atoms with E-state index in [9.17, 15) is 9.59 Å². The van der Waals surface area contributed by atoms with Gasteiger partial charge in [-0.1, -0.05) is 34.1 Å². The Bertz CT molecular complexity index is 1140. The molecule has 29 heavy (non-hydrogen) atoms. The number of aromatic nitrogens is 2. The molecule has 0 aliphatic carbocycles. The molecule has 2 heterocycles. The third-order valence-corrected chi connectivity index (χ3v) is 4.62. The third kappa shape index (κ3) is 4.12. The fourth-order valence-electron chi connectivity index (χ4n) is 2.71. The topological polar surface area (TPSA) is 89.2 Å². The number of halogens is 1. The van der Waals surface area contributed by atoms with Gasteiger partial charge in [-0.2, -0.15) is 5.10 Å². The van der Waals surface area contributed by atoms with E-state index in [0.29, 0.717) is 11.4 Å². The fraction of sp³-hybridized carbons (Fsp3) is 0. The Morgan fingerprint density at radius 3 is 2.34 bits per heavy atom. The molecule has 0 saturated heterocycles. The smallest absolute Gasteiger partial charge is 0.292 e. The lowest BCUT2D eigenvalue weighted by Gasteiger charge is -2.11. The second-order valence-electron chi connectivity index (χ2n) is 6.05. The first-order valence-corrected chi connectivity index (χ1v) is 9.46. The maximum atomic E-state index is 12.9. The minimum Gasteiger partial charge on any atom is -0.459 e. The van der Waals surface area contributed by atoms with Crippen LogP contribution >= 0.6 is 15.9 Å². The van der Waals surface area contributed by atoms with Gasteiger partial charge < -0.3 is 15.1 Å². The molecule has 7 nitrogen and oxygen atoms in total. The summed E-state index contributed by atoms with van der Waals surface area (Å²) in [5.41, 5.74) is 1.54. The molecule has 0 fully saturated rings. The monoisotopic (exact) mass is 450 g/mol. The fourth-order valence-corrected chi connectivity index (χ4v) is 2.97. The number of carbonyl (C=O) groups is 2. The lowest BCUT2D eigenvalue weighted by Crippen LogP contribution is -2.19. The Kier molecular flexibility index (Phi) is 5.26. The maximum absolute atomic E-state index is 12.9. The lowest BCUT2D eigenvalue weighted by molar-refractivity contribution is 0.0996. The van der Waals surface area contributed by atoms with Crippen molar-refractivity contribution in [3.63, 3.8) is 0 Å². The summed E-state index contributed by atoms with van der Waals surface area (Å²) in [6.07, 6.45) is 2.82. The van der Waals surface area contributed by atoms with Crippen LogP contribution in [0.3, 0.4) is 0 Å². The zero-order chi connectivity index (χ0) is 20.2. The highest BCUT2D eigenvalue weighted by Crippen LogP contribution is 2.23. The van der Waals surface area contributed by atoms with Crippen molar-refractivity contribution in [1.82, 2.24) is 9.78 Å². The van der Waals surface area contributed by atoms with Crippen molar-refractivity contribution in [2.45, 2.75) is 0 Å². The van der Waals surface area contributed by atoms with Gasteiger partial charge in [-0.25, -0.2) is 4.68 Å². The van der Waals surface area contributed by atoms with E-state index in [0.717, 1.165) is 4.47 Å². The molecular formula is C21H15BrN4O3. The van der Waals surface area contributed by atoms with Gasteiger partial charge >= 0.3 is 0 Å². The lowest BCUT2D eigenvalue weighted by atomic mass is 10.2. The van der Waals surface area contributed by atoms with E-state index in [1.54, 1.807) is 24.3 Å². The van der Waals surface area contributed by atoms with Crippen molar-refractivity contribution in [3.8, 4) is 5.69 Å². The van der Waals surface area contributed by atoms with Crippen LogP contribution in [-0.4, -0.2) is 21.6 Å². The predicted molar refractivity (Wildman–Crippen MR) is 112 cm³/mol. The Labute approximate surface area is 174 Å². The number of benzene rings is 2. The molecule has 4 rings (SSSR count). The van der Waals surface area contributed by atoms with Crippen LogP contribution in [0.2, 0.25) is 0 Å². The summed E-state index contributed by atoms with van der Waals surface area (Å²) in [6.45, 7) is 0. The maximum Gasteiger partial charge on any atom is 0.292 e. The van der Waals surface area contributed by atoms with Crippen molar-refractivity contribution >= 4 is 39.2 Å².